The average Bonchev–Trinajstić information content (AvgIpc) is 4.02. The lowest BCUT2D eigenvalue weighted by molar-refractivity contribution is 0.411. The Hall–Kier alpha value is -8.68. The SMILES string of the molecule is CC(C)(C)c1ccc(-c2nc3ccccc3o2)cc1.CC(C)(C)c1nc2ccccc2n1-c1ccccc1.CC(C)(C)c1nc2ncccc2n1-c1ccccc1.CC(C)(C)c1nc2ncccc2o1.CC(C)(C)c1nc2ncccc2s1. The van der Waals surface area contributed by atoms with Gasteiger partial charge in [0.05, 0.1) is 21.3 Å². The molecule has 0 fully saturated rings. The number of imidazole rings is 2. The molecule has 0 spiro atoms. The normalized spacial score (nSPS) is 12.0. The Morgan fingerprint density at radius 3 is 1.43 bits per heavy atom. The fourth-order valence-electron chi connectivity index (χ4n) is 8.91. The van der Waals surface area contributed by atoms with Crippen molar-refractivity contribution < 1.29 is 8.83 Å². The molecule has 8 aromatic heterocycles. The summed E-state index contributed by atoms with van der Waals surface area (Å²) in [6.45, 7) is 32.5. The van der Waals surface area contributed by atoms with Crippen LogP contribution in [0.2, 0.25) is 0 Å². The number of nitrogens with zero attached hydrogens (tertiary/aromatic N) is 10. The van der Waals surface area contributed by atoms with Gasteiger partial charge in [-0.3, -0.25) is 9.13 Å². The van der Waals surface area contributed by atoms with E-state index in [1.54, 1.807) is 29.9 Å². The summed E-state index contributed by atoms with van der Waals surface area (Å²) in [7, 11) is 0. The second-order valence-electron chi connectivity index (χ2n) is 25.6. The Morgan fingerprint density at radius 2 is 0.867 bits per heavy atom. The van der Waals surface area contributed by atoms with Gasteiger partial charge in [-0.15, -0.1) is 11.3 Å². The molecule has 13 rings (SSSR count). The van der Waals surface area contributed by atoms with Crippen molar-refractivity contribution in [1.29, 1.82) is 0 Å². The minimum atomic E-state index is -0.0549. The minimum absolute atomic E-state index is 0.00879. The van der Waals surface area contributed by atoms with Gasteiger partial charge in [0.25, 0.3) is 0 Å². The van der Waals surface area contributed by atoms with Crippen LogP contribution in [0.15, 0.2) is 197 Å². The van der Waals surface area contributed by atoms with Crippen molar-refractivity contribution in [1.82, 2.24) is 49.0 Å². The van der Waals surface area contributed by atoms with E-state index in [-0.39, 0.29) is 27.1 Å². The van der Waals surface area contributed by atoms with E-state index >= 15 is 0 Å². The highest BCUT2D eigenvalue weighted by Crippen LogP contribution is 2.33. The molecule has 13 heteroatoms. The third-order valence-corrected chi connectivity index (χ3v) is 14.7. The maximum atomic E-state index is 5.77. The van der Waals surface area contributed by atoms with Gasteiger partial charge in [-0.2, -0.15) is 4.98 Å². The number of fused-ring (bicyclic) bond motifs is 5. The third-order valence-electron chi connectivity index (χ3n) is 13.3. The van der Waals surface area contributed by atoms with Crippen molar-refractivity contribution >= 4 is 66.2 Å². The van der Waals surface area contributed by atoms with Crippen molar-refractivity contribution in [3.63, 3.8) is 0 Å². The van der Waals surface area contributed by atoms with Crippen LogP contribution in [-0.2, 0) is 27.1 Å². The lowest BCUT2D eigenvalue weighted by Gasteiger charge is -2.20. The maximum absolute atomic E-state index is 5.77. The minimum Gasteiger partial charge on any atom is -0.438 e. The van der Waals surface area contributed by atoms with Gasteiger partial charge in [0, 0.05) is 57.2 Å². The number of para-hydroxylation sites is 6. The van der Waals surface area contributed by atoms with Crippen LogP contribution in [0.4, 0.5) is 0 Å². The van der Waals surface area contributed by atoms with Crippen LogP contribution in [0.25, 0.3) is 77.7 Å². The average molecular weight is 1120 g/mol. The standard InChI is InChI=1S/C17H18N2.C17H17NO.C16H17N3.C10H12N2O.C10H12N2S/c1-17(2,3)16-18-14-11-7-8-12-15(14)19(16)13-9-5-4-6-10-13;1-17(2,3)13-10-8-12(9-11-13)16-18-14-6-4-5-7-15(14)19-16;1-16(2,3)15-18-14-13(10-7-11-17-14)19(15)12-8-5-4-6-9-12;2*1-10(2,3)9-12-8-7(13-9)5-4-6-11-8/h4-12H,1-3H3;2*4-11H,1-3H3;2*4-6H,1-3H3. The highest BCUT2D eigenvalue weighted by molar-refractivity contribution is 7.18. The predicted molar refractivity (Wildman–Crippen MR) is 342 cm³/mol. The smallest absolute Gasteiger partial charge is 0.227 e. The number of thiazole rings is 1. The van der Waals surface area contributed by atoms with Gasteiger partial charge in [-0.1, -0.05) is 177 Å². The first kappa shape index (κ1) is 59.0. The van der Waals surface area contributed by atoms with E-state index in [2.05, 4.69) is 234 Å². The second kappa shape index (κ2) is 24.0. The molecule has 0 amide bonds. The second-order valence-corrected chi connectivity index (χ2v) is 26.6. The van der Waals surface area contributed by atoms with Crippen LogP contribution in [0.3, 0.4) is 0 Å². The van der Waals surface area contributed by atoms with Gasteiger partial charge in [-0.05, 0) is 108 Å². The van der Waals surface area contributed by atoms with Gasteiger partial charge >= 0.3 is 0 Å². The highest BCUT2D eigenvalue weighted by Gasteiger charge is 2.26. The van der Waals surface area contributed by atoms with Crippen molar-refractivity contribution in [2.45, 2.75) is 131 Å². The van der Waals surface area contributed by atoms with Crippen molar-refractivity contribution in [3.8, 4) is 22.8 Å². The largest absolute Gasteiger partial charge is 0.438 e. The van der Waals surface area contributed by atoms with Crippen LogP contribution in [0.1, 0.15) is 132 Å². The highest BCUT2D eigenvalue weighted by atomic mass is 32.1. The summed E-state index contributed by atoms with van der Waals surface area (Å²) in [5.74, 6) is 3.55. The Balaban J connectivity index is 0.000000126. The zero-order chi connectivity index (χ0) is 59.3. The lowest BCUT2D eigenvalue weighted by atomic mass is 9.87. The number of aromatic nitrogens is 10. The van der Waals surface area contributed by atoms with Crippen molar-refractivity contribution in [3.05, 3.63) is 217 Å². The number of pyridine rings is 3. The van der Waals surface area contributed by atoms with Crippen LogP contribution in [0.5, 0.6) is 0 Å². The van der Waals surface area contributed by atoms with E-state index < -0.39 is 0 Å². The van der Waals surface area contributed by atoms with Gasteiger partial charge < -0.3 is 8.83 Å². The Labute approximate surface area is 491 Å². The van der Waals surface area contributed by atoms with Gasteiger partial charge in [0.1, 0.15) is 22.2 Å². The quantitative estimate of drug-likeness (QED) is 0.168. The van der Waals surface area contributed by atoms with Gasteiger partial charge in [-0.25, -0.2) is 34.9 Å². The topological polar surface area (TPSA) is 139 Å². The van der Waals surface area contributed by atoms with E-state index in [4.69, 9.17) is 18.8 Å². The molecule has 0 unspecified atom stereocenters. The maximum Gasteiger partial charge on any atom is 0.227 e. The number of hydrogen-bond acceptors (Lipinski definition) is 11. The summed E-state index contributed by atoms with van der Waals surface area (Å²) in [5, 5.41) is 1.15. The molecule has 0 atom stereocenters. The molecule has 0 radical (unpaired) electrons. The Morgan fingerprint density at radius 1 is 0.361 bits per heavy atom. The molecule has 0 N–H and O–H groups in total. The molecule has 5 aromatic carbocycles. The summed E-state index contributed by atoms with van der Waals surface area (Å²) < 4.78 is 17.0. The Bertz CT molecular complexity index is 3920. The van der Waals surface area contributed by atoms with Gasteiger partial charge in [0.15, 0.2) is 28.1 Å². The third kappa shape index (κ3) is 14.2. The van der Waals surface area contributed by atoms with Gasteiger partial charge in [0.2, 0.25) is 11.8 Å². The number of rotatable bonds is 3. The van der Waals surface area contributed by atoms with E-state index in [1.807, 2.05) is 78.9 Å². The first-order valence-electron chi connectivity index (χ1n) is 28.2. The molecular formula is C70H76N10O2S. The zero-order valence-corrected chi connectivity index (χ0v) is 51.4. The predicted octanol–water partition coefficient (Wildman–Crippen LogP) is 18.3. The molecule has 0 saturated heterocycles. The molecule has 13 aromatic rings. The van der Waals surface area contributed by atoms with E-state index in [0.717, 1.165) is 72.8 Å². The van der Waals surface area contributed by atoms with Crippen LogP contribution < -0.4 is 0 Å². The molecule has 0 bridgehead atoms. The molecule has 0 aliphatic heterocycles. The fourth-order valence-corrected chi connectivity index (χ4v) is 9.89. The monoisotopic (exact) mass is 1120 g/mol. The van der Waals surface area contributed by atoms with E-state index in [0.29, 0.717) is 11.5 Å². The lowest BCUT2D eigenvalue weighted by Crippen LogP contribution is -2.18. The summed E-state index contributed by atoms with van der Waals surface area (Å²) in [4.78, 5) is 35.5. The Kier molecular flexibility index (Phi) is 17.1. The molecule has 0 aliphatic rings. The molecule has 0 aliphatic carbocycles. The van der Waals surface area contributed by atoms with Crippen LogP contribution >= 0.6 is 11.3 Å². The van der Waals surface area contributed by atoms with E-state index in [1.165, 1.54) is 21.5 Å². The molecule has 8 heterocycles. The molecule has 0 saturated carbocycles. The summed E-state index contributed by atoms with van der Waals surface area (Å²) in [5.41, 5.74) is 13.0. The van der Waals surface area contributed by atoms with Crippen molar-refractivity contribution in [2.24, 2.45) is 0 Å². The summed E-state index contributed by atoms with van der Waals surface area (Å²) in [6.07, 6.45) is 5.29. The first-order valence-corrected chi connectivity index (χ1v) is 29.0. The zero-order valence-electron chi connectivity index (χ0n) is 50.6. The molecule has 83 heavy (non-hydrogen) atoms. The summed E-state index contributed by atoms with van der Waals surface area (Å²) in [6, 6.07) is 57.1. The van der Waals surface area contributed by atoms with Crippen LogP contribution in [0, 0.1) is 0 Å². The summed E-state index contributed by atoms with van der Waals surface area (Å²) >= 11 is 1.73. The fraction of sp³-hybridized carbons (Fsp3) is 0.286. The number of oxazole rings is 2. The first-order chi connectivity index (χ1) is 39.3. The van der Waals surface area contributed by atoms with Crippen LogP contribution in [-0.4, -0.2) is 49.0 Å². The molecular weight excluding hydrogens is 1040 g/mol. The molecule has 12 nitrogen and oxygen atoms in total. The van der Waals surface area contributed by atoms with E-state index in [9.17, 15) is 0 Å². The molecule has 424 valence electrons. The number of hydrogen-bond donors (Lipinski definition) is 0. The number of benzene rings is 5. The van der Waals surface area contributed by atoms with Crippen molar-refractivity contribution in [2.75, 3.05) is 0 Å².